The molecule has 0 saturated carbocycles. The molecule has 0 bridgehead atoms. The lowest BCUT2D eigenvalue weighted by Gasteiger charge is -2.17. The first-order valence-electron chi connectivity index (χ1n) is 8.21. The fraction of sp³-hybridized carbons (Fsp3) is 0.263. The van der Waals surface area contributed by atoms with Crippen molar-refractivity contribution in [1.29, 1.82) is 0 Å². The molecule has 0 saturated heterocycles. The third-order valence-electron chi connectivity index (χ3n) is 3.70. The molecule has 0 aliphatic carbocycles. The van der Waals surface area contributed by atoms with Crippen molar-refractivity contribution < 1.29 is 18.7 Å². The lowest BCUT2D eigenvalue weighted by molar-refractivity contribution is -0.123. The van der Waals surface area contributed by atoms with Crippen LogP contribution in [-0.2, 0) is 16.1 Å². The number of carbonyl (C=O) groups is 2. The minimum Gasteiger partial charge on any atom is -0.495 e. The summed E-state index contributed by atoms with van der Waals surface area (Å²) in [4.78, 5) is 25.7. The molecular formula is C19H21ClFN3O3. The first-order valence-corrected chi connectivity index (χ1v) is 8.59. The molecule has 0 heterocycles. The van der Waals surface area contributed by atoms with Gasteiger partial charge in [0.2, 0.25) is 11.8 Å². The van der Waals surface area contributed by atoms with Crippen molar-refractivity contribution in [1.82, 2.24) is 10.2 Å². The predicted octanol–water partition coefficient (Wildman–Crippen LogP) is 2.67. The Labute approximate surface area is 162 Å². The van der Waals surface area contributed by atoms with E-state index in [4.69, 9.17) is 16.3 Å². The molecular weight excluding hydrogens is 373 g/mol. The zero-order valence-electron chi connectivity index (χ0n) is 15.1. The number of nitrogens with one attached hydrogen (secondary N) is 2. The van der Waals surface area contributed by atoms with E-state index in [1.165, 1.54) is 13.2 Å². The maximum atomic E-state index is 13.5. The number of hydrogen-bond donors (Lipinski definition) is 2. The largest absolute Gasteiger partial charge is 0.495 e. The molecule has 0 spiro atoms. The summed E-state index contributed by atoms with van der Waals surface area (Å²) in [6.07, 6.45) is 0. The monoisotopic (exact) mass is 393 g/mol. The van der Waals surface area contributed by atoms with Gasteiger partial charge >= 0.3 is 0 Å². The zero-order chi connectivity index (χ0) is 19.8. The Hall–Kier alpha value is -2.64. The SMILES string of the molecule is COc1ccc(Cl)cc1NC(=O)CN(C)CC(=O)NCc1ccccc1F. The van der Waals surface area contributed by atoms with Gasteiger partial charge in [0.1, 0.15) is 11.6 Å². The highest BCUT2D eigenvalue weighted by Gasteiger charge is 2.13. The maximum Gasteiger partial charge on any atom is 0.238 e. The fourth-order valence-corrected chi connectivity index (χ4v) is 2.58. The van der Waals surface area contributed by atoms with Crippen LogP contribution in [0.25, 0.3) is 0 Å². The van der Waals surface area contributed by atoms with Gasteiger partial charge in [-0.3, -0.25) is 14.5 Å². The van der Waals surface area contributed by atoms with E-state index in [2.05, 4.69) is 10.6 Å². The summed E-state index contributed by atoms with van der Waals surface area (Å²) < 4.78 is 18.7. The molecule has 0 atom stereocenters. The van der Waals surface area contributed by atoms with Gasteiger partial charge in [0.15, 0.2) is 0 Å². The van der Waals surface area contributed by atoms with Gasteiger partial charge in [0.05, 0.1) is 25.9 Å². The molecule has 8 heteroatoms. The number of methoxy groups -OCH3 is 1. The molecule has 0 fully saturated rings. The molecule has 2 rings (SSSR count). The van der Waals surface area contributed by atoms with Gasteiger partial charge in [-0.2, -0.15) is 0 Å². The summed E-state index contributed by atoms with van der Waals surface area (Å²) in [5.41, 5.74) is 0.853. The van der Waals surface area contributed by atoms with Crippen LogP contribution in [0.4, 0.5) is 10.1 Å². The zero-order valence-corrected chi connectivity index (χ0v) is 15.8. The standard InChI is InChI=1S/C19H21ClFN3O3/c1-24(11-18(25)22-10-13-5-3-4-6-15(13)21)12-19(26)23-16-9-14(20)7-8-17(16)27-2/h3-9H,10-12H2,1-2H3,(H,22,25)(H,23,26). The second-order valence-corrected chi connectivity index (χ2v) is 6.37. The number of amides is 2. The molecule has 2 aromatic carbocycles. The Bertz CT molecular complexity index is 817. The van der Waals surface area contributed by atoms with Crippen molar-refractivity contribution in [2.24, 2.45) is 0 Å². The van der Waals surface area contributed by atoms with Crippen molar-refractivity contribution >= 4 is 29.1 Å². The molecule has 27 heavy (non-hydrogen) atoms. The number of nitrogens with zero attached hydrogens (tertiary/aromatic N) is 1. The van der Waals surface area contributed by atoms with Gasteiger partial charge in [-0.25, -0.2) is 4.39 Å². The molecule has 6 nitrogen and oxygen atoms in total. The number of hydrogen-bond acceptors (Lipinski definition) is 4. The van der Waals surface area contributed by atoms with E-state index in [-0.39, 0.29) is 37.3 Å². The second kappa shape index (κ2) is 9.89. The Morgan fingerprint density at radius 3 is 2.56 bits per heavy atom. The third kappa shape index (κ3) is 6.54. The molecule has 2 N–H and O–H groups in total. The molecule has 144 valence electrons. The molecule has 2 aromatic rings. The molecule has 2 amide bonds. The highest BCUT2D eigenvalue weighted by molar-refractivity contribution is 6.31. The van der Waals surface area contributed by atoms with Crippen LogP contribution in [0.5, 0.6) is 5.75 Å². The molecule has 0 radical (unpaired) electrons. The minimum absolute atomic E-state index is 0.00540. The van der Waals surface area contributed by atoms with Crippen molar-refractivity contribution in [3.05, 3.63) is 58.9 Å². The average molecular weight is 394 g/mol. The number of carbonyl (C=O) groups excluding carboxylic acids is 2. The van der Waals surface area contributed by atoms with Crippen LogP contribution >= 0.6 is 11.6 Å². The molecule has 0 aliphatic rings. The topological polar surface area (TPSA) is 70.7 Å². The van der Waals surface area contributed by atoms with Gasteiger partial charge in [-0.1, -0.05) is 29.8 Å². The Morgan fingerprint density at radius 2 is 1.85 bits per heavy atom. The molecule has 0 aromatic heterocycles. The van der Waals surface area contributed by atoms with Gasteiger partial charge in [-0.15, -0.1) is 0 Å². The average Bonchev–Trinajstić information content (AvgIpc) is 2.61. The highest BCUT2D eigenvalue weighted by Crippen LogP contribution is 2.27. The van der Waals surface area contributed by atoms with E-state index in [1.807, 2.05) is 0 Å². The van der Waals surface area contributed by atoms with Crippen LogP contribution in [0.3, 0.4) is 0 Å². The summed E-state index contributed by atoms with van der Waals surface area (Å²) in [6, 6.07) is 11.1. The number of benzene rings is 2. The Balaban J connectivity index is 1.81. The summed E-state index contributed by atoms with van der Waals surface area (Å²) in [6.45, 7) is 0.0720. The number of anilines is 1. The number of halogens is 2. The first kappa shape index (κ1) is 20.7. The van der Waals surface area contributed by atoms with Crippen LogP contribution in [0.2, 0.25) is 5.02 Å². The van der Waals surface area contributed by atoms with Crippen LogP contribution in [0, 0.1) is 5.82 Å². The summed E-state index contributed by atoms with van der Waals surface area (Å²) >= 11 is 5.93. The predicted molar refractivity (Wildman–Crippen MR) is 102 cm³/mol. The summed E-state index contributed by atoms with van der Waals surface area (Å²) in [5, 5.41) is 5.79. The first-order chi connectivity index (χ1) is 12.9. The number of rotatable bonds is 8. The van der Waals surface area contributed by atoms with Gasteiger partial charge in [0, 0.05) is 17.1 Å². The second-order valence-electron chi connectivity index (χ2n) is 5.93. The summed E-state index contributed by atoms with van der Waals surface area (Å²) in [5.74, 6) is -0.520. The van der Waals surface area contributed by atoms with Crippen molar-refractivity contribution in [2.45, 2.75) is 6.54 Å². The van der Waals surface area contributed by atoms with E-state index in [0.29, 0.717) is 22.0 Å². The quantitative estimate of drug-likeness (QED) is 0.723. The lowest BCUT2D eigenvalue weighted by atomic mass is 10.2. The third-order valence-corrected chi connectivity index (χ3v) is 3.93. The Morgan fingerprint density at radius 1 is 1.15 bits per heavy atom. The van der Waals surface area contributed by atoms with Gasteiger partial charge in [-0.05, 0) is 31.3 Å². The van der Waals surface area contributed by atoms with Crippen molar-refractivity contribution in [3.8, 4) is 5.75 Å². The number of likely N-dealkylation sites (N-methyl/N-ethyl adjacent to an activating group) is 1. The Kier molecular flexibility index (Phi) is 7.57. The van der Waals surface area contributed by atoms with Crippen LogP contribution in [0.1, 0.15) is 5.56 Å². The minimum atomic E-state index is -0.374. The van der Waals surface area contributed by atoms with Crippen molar-refractivity contribution in [2.75, 3.05) is 32.6 Å². The highest BCUT2D eigenvalue weighted by atomic mass is 35.5. The van der Waals surface area contributed by atoms with E-state index < -0.39 is 0 Å². The molecule has 0 unspecified atom stereocenters. The lowest BCUT2D eigenvalue weighted by Crippen LogP contribution is -2.38. The number of ether oxygens (including phenoxy) is 1. The van der Waals surface area contributed by atoms with Gasteiger partial charge < -0.3 is 15.4 Å². The van der Waals surface area contributed by atoms with Crippen LogP contribution in [0.15, 0.2) is 42.5 Å². The fourth-order valence-electron chi connectivity index (χ4n) is 2.41. The van der Waals surface area contributed by atoms with E-state index in [0.717, 1.165) is 0 Å². The normalized spacial score (nSPS) is 10.6. The maximum absolute atomic E-state index is 13.5. The smallest absolute Gasteiger partial charge is 0.238 e. The van der Waals surface area contributed by atoms with Gasteiger partial charge in [0.25, 0.3) is 0 Å². The molecule has 0 aliphatic heterocycles. The van der Waals surface area contributed by atoms with Crippen molar-refractivity contribution in [3.63, 3.8) is 0 Å². The summed E-state index contributed by atoms with van der Waals surface area (Å²) in [7, 11) is 3.13. The van der Waals surface area contributed by atoms with E-state index in [9.17, 15) is 14.0 Å². The van der Waals surface area contributed by atoms with Crippen LogP contribution in [-0.4, -0.2) is 44.0 Å². The van der Waals surface area contributed by atoms with E-state index >= 15 is 0 Å². The van der Waals surface area contributed by atoms with E-state index in [1.54, 1.807) is 48.3 Å². The van der Waals surface area contributed by atoms with Crippen LogP contribution < -0.4 is 15.4 Å².